The highest BCUT2D eigenvalue weighted by Gasteiger charge is 2.53. The summed E-state index contributed by atoms with van der Waals surface area (Å²) in [6.45, 7) is 0.346. The summed E-state index contributed by atoms with van der Waals surface area (Å²) in [5.41, 5.74) is 9.56. The fraction of sp³-hybridized carbons (Fsp3) is 0.846. The first-order valence-corrected chi connectivity index (χ1v) is 9.88. The maximum Gasteiger partial charge on any atom is 0.451 e. The predicted molar refractivity (Wildman–Crippen MR) is 95.6 cm³/mol. The molecule has 14 heteroatoms. The van der Waals surface area contributed by atoms with Crippen LogP contribution in [0.1, 0.15) is 19.8 Å². The summed E-state index contributed by atoms with van der Waals surface area (Å²) in [6.07, 6.45) is 0.449. The molecule has 0 bridgehead atoms. The maximum atomic E-state index is 12.8. The van der Waals surface area contributed by atoms with Gasteiger partial charge in [-0.1, -0.05) is 13.3 Å². The Balaban J connectivity index is 3.00. The molecule has 1 unspecified atom stereocenters. The molecule has 0 aliphatic carbocycles. The lowest BCUT2D eigenvalue weighted by Gasteiger charge is -2.28. The Morgan fingerprint density at radius 1 is 1.37 bits per heavy atom. The van der Waals surface area contributed by atoms with Crippen molar-refractivity contribution < 1.29 is 38.3 Å². The Morgan fingerprint density at radius 2 is 1.96 bits per heavy atom. The molecule has 0 amide bonds. The first-order valence-electron chi connectivity index (χ1n) is 8.48. The third-order valence-corrected chi connectivity index (χ3v) is 6.72. The van der Waals surface area contributed by atoms with Crippen molar-refractivity contribution in [2.24, 2.45) is 17.4 Å². The number of rotatable bonds is 11. The molecule has 0 spiro atoms. The van der Waals surface area contributed by atoms with Crippen molar-refractivity contribution in [2.45, 2.75) is 37.7 Å². The summed E-state index contributed by atoms with van der Waals surface area (Å²) in [5.74, 6) is -3.46. The quantitative estimate of drug-likeness (QED) is 0.189. The van der Waals surface area contributed by atoms with E-state index in [0.29, 0.717) is 0 Å². The van der Waals surface area contributed by atoms with Crippen molar-refractivity contribution in [1.82, 2.24) is 8.61 Å². The van der Waals surface area contributed by atoms with Crippen molar-refractivity contribution in [3.8, 4) is 0 Å². The summed E-state index contributed by atoms with van der Waals surface area (Å²) >= 11 is 0. The second-order valence-corrected chi connectivity index (χ2v) is 8.58. The molecule has 0 radical (unpaired) electrons. The van der Waals surface area contributed by atoms with Crippen molar-refractivity contribution in [1.29, 1.82) is 0 Å². The molecule has 1 aliphatic heterocycles. The standard InChI is InChI=1S/C13H27BN4O8S/c1-2-17(7-10(15)11(19)20)27(25,26)18-6-9(4-3-5-14(23)24)13(16,8-18)12(21)22/h9-10,23-24H,2-8,15-16H2,1H3,(H,19,20)(H,21,22)/t9-,10?,13-/m0/s1. The minimum atomic E-state index is -4.18. The summed E-state index contributed by atoms with van der Waals surface area (Å²) in [7, 11) is -5.72. The number of nitrogens with two attached hydrogens (primary N) is 2. The average molecular weight is 410 g/mol. The number of carboxylic acid groups (broad SMARTS) is 2. The van der Waals surface area contributed by atoms with E-state index in [4.69, 9.17) is 26.6 Å². The summed E-state index contributed by atoms with van der Waals surface area (Å²) < 4.78 is 27.5. The van der Waals surface area contributed by atoms with E-state index in [9.17, 15) is 23.1 Å². The van der Waals surface area contributed by atoms with Crippen LogP contribution in [0.25, 0.3) is 0 Å². The van der Waals surface area contributed by atoms with Crippen LogP contribution >= 0.6 is 0 Å². The van der Waals surface area contributed by atoms with Crippen molar-refractivity contribution in [3.05, 3.63) is 0 Å². The Hall–Kier alpha value is -1.29. The van der Waals surface area contributed by atoms with Crippen LogP contribution in [-0.4, -0.2) is 94.1 Å². The SMILES string of the molecule is CCN(CC(N)C(=O)O)S(=O)(=O)N1C[C@H](CCCB(O)O)[C@](N)(C(=O)O)C1. The Morgan fingerprint density at radius 3 is 2.41 bits per heavy atom. The van der Waals surface area contributed by atoms with E-state index in [2.05, 4.69) is 0 Å². The number of carbonyl (C=O) groups is 2. The monoisotopic (exact) mass is 410 g/mol. The van der Waals surface area contributed by atoms with E-state index in [-0.39, 0.29) is 32.3 Å². The second-order valence-electron chi connectivity index (χ2n) is 6.65. The van der Waals surface area contributed by atoms with Crippen molar-refractivity contribution in [3.63, 3.8) is 0 Å². The zero-order chi connectivity index (χ0) is 21.0. The van der Waals surface area contributed by atoms with E-state index >= 15 is 0 Å². The van der Waals surface area contributed by atoms with Gasteiger partial charge in [-0.2, -0.15) is 17.0 Å². The van der Waals surface area contributed by atoms with Gasteiger partial charge >= 0.3 is 19.1 Å². The summed E-state index contributed by atoms with van der Waals surface area (Å²) in [5, 5.41) is 36.2. The molecule has 1 aliphatic rings. The number of hydrogen-bond donors (Lipinski definition) is 6. The fourth-order valence-corrected chi connectivity index (χ4v) is 4.80. The molecule has 1 rings (SSSR count). The smallest absolute Gasteiger partial charge is 0.451 e. The topological polar surface area (TPSA) is 208 Å². The normalized spacial score (nSPS) is 24.9. The largest absolute Gasteiger partial charge is 0.480 e. The number of aliphatic carboxylic acids is 2. The Bertz CT molecular complexity index is 648. The fourth-order valence-electron chi connectivity index (χ4n) is 3.06. The van der Waals surface area contributed by atoms with E-state index in [1.807, 2.05) is 0 Å². The molecule has 3 atom stereocenters. The molecular formula is C13H27BN4O8S. The van der Waals surface area contributed by atoms with Gasteiger partial charge in [0.1, 0.15) is 11.6 Å². The molecule has 1 fully saturated rings. The first-order chi connectivity index (χ1) is 12.4. The summed E-state index contributed by atoms with van der Waals surface area (Å²) in [6, 6.07) is -1.42. The van der Waals surface area contributed by atoms with Gasteiger partial charge in [-0.3, -0.25) is 9.59 Å². The Kier molecular flexibility index (Phi) is 8.16. The molecule has 0 aromatic carbocycles. The molecule has 12 nitrogen and oxygen atoms in total. The van der Waals surface area contributed by atoms with Crippen LogP contribution in [0.3, 0.4) is 0 Å². The lowest BCUT2D eigenvalue weighted by molar-refractivity contribution is -0.144. The van der Waals surface area contributed by atoms with Crippen LogP contribution in [-0.2, 0) is 19.8 Å². The van der Waals surface area contributed by atoms with Gasteiger partial charge in [0.15, 0.2) is 0 Å². The van der Waals surface area contributed by atoms with Crippen LogP contribution in [0.15, 0.2) is 0 Å². The predicted octanol–water partition coefficient (Wildman–Crippen LogP) is -3.07. The maximum absolute atomic E-state index is 12.8. The van der Waals surface area contributed by atoms with Crippen LogP contribution in [0.2, 0.25) is 6.32 Å². The van der Waals surface area contributed by atoms with Gasteiger partial charge in [-0.25, -0.2) is 0 Å². The van der Waals surface area contributed by atoms with E-state index in [0.717, 1.165) is 8.61 Å². The lowest BCUT2D eigenvalue weighted by Crippen LogP contribution is -2.56. The molecular weight excluding hydrogens is 383 g/mol. The van der Waals surface area contributed by atoms with Gasteiger partial charge in [-0.05, 0) is 12.7 Å². The molecule has 0 aromatic heterocycles. The van der Waals surface area contributed by atoms with Crippen molar-refractivity contribution >= 4 is 29.3 Å². The second kappa shape index (κ2) is 9.27. The van der Waals surface area contributed by atoms with Crippen molar-refractivity contribution in [2.75, 3.05) is 26.2 Å². The van der Waals surface area contributed by atoms with Gasteiger partial charge in [0.2, 0.25) is 0 Å². The third kappa shape index (κ3) is 5.60. The molecule has 1 saturated heterocycles. The Labute approximate surface area is 158 Å². The molecule has 8 N–H and O–H groups in total. The molecule has 1 heterocycles. The van der Waals surface area contributed by atoms with Gasteiger partial charge < -0.3 is 31.7 Å². The minimum absolute atomic E-state index is 0.00744. The highest BCUT2D eigenvalue weighted by atomic mass is 32.2. The van der Waals surface area contributed by atoms with Gasteiger partial charge in [0, 0.05) is 32.1 Å². The van der Waals surface area contributed by atoms with E-state index < -0.39 is 59.9 Å². The van der Waals surface area contributed by atoms with Crippen LogP contribution in [0.5, 0.6) is 0 Å². The number of hydrogen-bond acceptors (Lipinski definition) is 8. The number of carboxylic acids is 2. The van der Waals surface area contributed by atoms with E-state index in [1.54, 1.807) is 0 Å². The van der Waals surface area contributed by atoms with Gasteiger partial charge in [0.05, 0.1) is 0 Å². The summed E-state index contributed by atoms with van der Waals surface area (Å²) in [4.78, 5) is 22.6. The number of likely N-dealkylation sites (N-methyl/N-ethyl adjacent to an activating group) is 1. The third-order valence-electron chi connectivity index (χ3n) is 4.73. The highest BCUT2D eigenvalue weighted by Crippen LogP contribution is 2.33. The molecule has 0 aromatic rings. The lowest BCUT2D eigenvalue weighted by atomic mass is 9.78. The first kappa shape index (κ1) is 23.8. The zero-order valence-corrected chi connectivity index (χ0v) is 15.9. The minimum Gasteiger partial charge on any atom is -0.480 e. The van der Waals surface area contributed by atoms with Crippen LogP contribution in [0.4, 0.5) is 0 Å². The average Bonchev–Trinajstić information content (AvgIpc) is 2.91. The van der Waals surface area contributed by atoms with Crippen LogP contribution in [0, 0.1) is 5.92 Å². The molecule has 0 saturated carbocycles. The molecule has 156 valence electrons. The van der Waals surface area contributed by atoms with Gasteiger partial charge in [0.25, 0.3) is 10.2 Å². The van der Waals surface area contributed by atoms with Crippen LogP contribution < -0.4 is 11.5 Å². The number of nitrogens with zero attached hydrogens (tertiary/aromatic N) is 2. The van der Waals surface area contributed by atoms with Gasteiger partial charge in [-0.15, -0.1) is 0 Å². The highest BCUT2D eigenvalue weighted by molar-refractivity contribution is 7.86. The van der Waals surface area contributed by atoms with E-state index in [1.165, 1.54) is 6.92 Å². The zero-order valence-electron chi connectivity index (χ0n) is 15.1. The molecule has 27 heavy (non-hydrogen) atoms.